The van der Waals surface area contributed by atoms with E-state index in [-0.39, 0.29) is 0 Å². The Hall–Kier alpha value is -0.321. The van der Waals surface area contributed by atoms with E-state index in [0.29, 0.717) is 5.88 Å². The number of ether oxygens (including phenoxy) is 1. The zero-order chi connectivity index (χ0) is 6.69. The zero-order valence-corrected chi connectivity index (χ0v) is 7.81. The van der Waals surface area contributed by atoms with Gasteiger partial charge in [-0.15, -0.1) is 0 Å². The Morgan fingerprint density at radius 2 is 2.33 bits per heavy atom. The Kier molecular flexibility index (Phi) is 2.27. The fourth-order valence-electron chi connectivity index (χ4n) is 0.446. The van der Waals surface area contributed by atoms with Crippen LogP contribution in [0.4, 0.5) is 0 Å². The second-order valence-corrected chi connectivity index (χ2v) is 2.91. The summed E-state index contributed by atoms with van der Waals surface area (Å²) in [6.45, 7) is 0. The Morgan fingerprint density at radius 3 is 2.78 bits per heavy atom. The van der Waals surface area contributed by atoms with Gasteiger partial charge in [0.15, 0.2) is 0 Å². The fraction of sp³-hybridized carbons (Fsp3) is 0.200. The van der Waals surface area contributed by atoms with E-state index in [1.165, 1.54) is 22.5 Å². The maximum atomic E-state index is 4.84. The normalized spacial score (nSPS) is 9.11. The third-order valence-corrected chi connectivity index (χ3v) is 1.51. The number of nitrogens with zero attached hydrogens (tertiary/aromatic N) is 2. The van der Waals surface area contributed by atoms with E-state index in [9.17, 15) is 0 Å². The molecule has 3 radical (unpaired) electrons. The molecule has 0 amide bonds. The summed E-state index contributed by atoms with van der Waals surface area (Å²) in [5.74, 6) is 0.587. The van der Waals surface area contributed by atoms with Crippen molar-refractivity contribution in [1.82, 2.24) is 9.97 Å². The summed E-state index contributed by atoms with van der Waals surface area (Å²) >= 11 is 1.26. The summed E-state index contributed by atoms with van der Waals surface area (Å²) in [7, 11) is 1.58. The molecule has 1 aromatic heterocycles. The quantitative estimate of drug-likeness (QED) is 0.594. The van der Waals surface area contributed by atoms with Crippen molar-refractivity contribution < 1.29 is 4.74 Å². The third-order valence-electron chi connectivity index (χ3n) is 0.822. The maximum absolute atomic E-state index is 4.84. The van der Waals surface area contributed by atoms with E-state index in [2.05, 4.69) is 9.97 Å². The van der Waals surface area contributed by atoms with Gasteiger partial charge in [0.05, 0.1) is 0 Å². The molecule has 0 aromatic carbocycles. The molecule has 0 saturated carbocycles. The molecule has 9 heavy (non-hydrogen) atoms. The minimum absolute atomic E-state index is 0.587. The average Bonchev–Trinajstić information content (AvgIpc) is 1.88. The van der Waals surface area contributed by atoms with Gasteiger partial charge in [-0.1, -0.05) is 0 Å². The van der Waals surface area contributed by atoms with Crippen LogP contribution in [0.1, 0.15) is 0 Å². The van der Waals surface area contributed by atoms with E-state index in [4.69, 9.17) is 4.74 Å². The number of aromatic nitrogens is 2. The molecule has 1 rings (SSSR count). The topological polar surface area (TPSA) is 35.0 Å². The molecule has 0 saturated heterocycles. The predicted molar refractivity (Wildman–Crippen MR) is 34.0 cm³/mol. The van der Waals surface area contributed by atoms with Crippen molar-refractivity contribution in [2.24, 2.45) is 0 Å². The molecule has 0 N–H and O–H groups in total. The van der Waals surface area contributed by atoms with Crippen molar-refractivity contribution in [2.45, 2.75) is 0 Å². The van der Waals surface area contributed by atoms with Gasteiger partial charge in [-0.25, -0.2) is 0 Å². The molecular formula is C5H5N2OSn. The van der Waals surface area contributed by atoms with Crippen molar-refractivity contribution >= 4 is 26.2 Å². The second kappa shape index (κ2) is 3.00. The van der Waals surface area contributed by atoms with Gasteiger partial charge < -0.3 is 0 Å². The summed E-state index contributed by atoms with van der Waals surface area (Å²) in [5, 5.41) is 0. The number of hydrogen-bond donors (Lipinski definition) is 0. The Balaban J connectivity index is 2.94. The molecule has 0 aliphatic carbocycles. The van der Waals surface area contributed by atoms with Crippen LogP contribution in [0.5, 0.6) is 5.88 Å². The van der Waals surface area contributed by atoms with Gasteiger partial charge in [-0.3, -0.25) is 0 Å². The molecule has 3 nitrogen and oxygen atoms in total. The third kappa shape index (κ3) is 1.82. The first-order valence-electron chi connectivity index (χ1n) is 2.40. The van der Waals surface area contributed by atoms with Crippen molar-refractivity contribution in [3.63, 3.8) is 0 Å². The monoisotopic (exact) mass is 229 g/mol. The first-order chi connectivity index (χ1) is 4.33. The van der Waals surface area contributed by atoms with E-state index in [1.54, 1.807) is 19.5 Å². The Labute approximate surface area is 66.6 Å². The van der Waals surface area contributed by atoms with E-state index < -0.39 is 0 Å². The van der Waals surface area contributed by atoms with Crippen molar-refractivity contribution in [3.05, 3.63) is 12.4 Å². The first kappa shape index (κ1) is 6.79. The fourth-order valence-corrected chi connectivity index (χ4v) is 0.974. The van der Waals surface area contributed by atoms with Crippen LogP contribution in [0.3, 0.4) is 0 Å². The van der Waals surface area contributed by atoms with E-state index in [0.717, 1.165) is 3.71 Å². The summed E-state index contributed by atoms with van der Waals surface area (Å²) in [6.07, 6.45) is 3.31. The van der Waals surface area contributed by atoms with E-state index >= 15 is 0 Å². The van der Waals surface area contributed by atoms with Crippen molar-refractivity contribution in [3.8, 4) is 5.88 Å². The SMILES string of the molecule is COc1cnc[c]([Sn])n1. The molecule has 1 aromatic rings. The summed E-state index contributed by atoms with van der Waals surface area (Å²) in [6, 6.07) is 0. The molecular weight excluding hydrogens is 223 g/mol. The number of rotatable bonds is 1. The zero-order valence-electron chi connectivity index (χ0n) is 4.96. The van der Waals surface area contributed by atoms with Crippen LogP contribution in [-0.4, -0.2) is 39.6 Å². The first-order valence-corrected chi connectivity index (χ1v) is 3.83. The Morgan fingerprint density at radius 1 is 1.56 bits per heavy atom. The molecule has 0 spiro atoms. The molecule has 1 heterocycles. The number of methoxy groups -OCH3 is 1. The van der Waals surface area contributed by atoms with Crippen LogP contribution in [0.15, 0.2) is 12.4 Å². The summed E-state index contributed by atoms with van der Waals surface area (Å²) in [4.78, 5) is 7.94. The van der Waals surface area contributed by atoms with E-state index in [1.807, 2.05) is 0 Å². The van der Waals surface area contributed by atoms with Crippen LogP contribution >= 0.6 is 0 Å². The molecule has 4 heteroatoms. The van der Waals surface area contributed by atoms with Gasteiger partial charge in [-0.05, 0) is 0 Å². The molecule has 0 atom stereocenters. The minimum atomic E-state index is 0.587. The predicted octanol–water partition coefficient (Wildman–Crippen LogP) is -0.721. The Bertz CT molecular complexity index is 204. The number of hydrogen-bond acceptors (Lipinski definition) is 3. The van der Waals surface area contributed by atoms with Gasteiger partial charge in [-0.2, -0.15) is 0 Å². The summed E-state index contributed by atoms with van der Waals surface area (Å²) < 4.78 is 5.80. The molecule has 45 valence electrons. The van der Waals surface area contributed by atoms with Gasteiger partial charge in [0.2, 0.25) is 0 Å². The summed E-state index contributed by atoms with van der Waals surface area (Å²) in [5.41, 5.74) is 0. The van der Waals surface area contributed by atoms with Gasteiger partial charge in [0.1, 0.15) is 0 Å². The van der Waals surface area contributed by atoms with Crippen molar-refractivity contribution in [2.75, 3.05) is 7.11 Å². The van der Waals surface area contributed by atoms with Crippen LogP contribution in [-0.2, 0) is 0 Å². The van der Waals surface area contributed by atoms with Crippen LogP contribution in [0, 0.1) is 0 Å². The molecule has 0 aliphatic rings. The van der Waals surface area contributed by atoms with Gasteiger partial charge >= 0.3 is 66.3 Å². The average molecular weight is 228 g/mol. The van der Waals surface area contributed by atoms with Crippen LogP contribution in [0.25, 0.3) is 0 Å². The molecule has 0 unspecified atom stereocenters. The van der Waals surface area contributed by atoms with Gasteiger partial charge in [0.25, 0.3) is 0 Å². The molecule has 0 bridgehead atoms. The standard InChI is InChI=1S/C5H5N2O.Sn/c1-8-5-4-6-2-3-7-5;/h2,4H,1H3;. The molecule has 0 aliphatic heterocycles. The van der Waals surface area contributed by atoms with Gasteiger partial charge in [0, 0.05) is 0 Å². The molecule has 0 fully saturated rings. The van der Waals surface area contributed by atoms with Crippen LogP contribution in [0.2, 0.25) is 0 Å². The second-order valence-electron chi connectivity index (χ2n) is 1.45. The van der Waals surface area contributed by atoms with Crippen LogP contribution < -0.4 is 8.45 Å². The van der Waals surface area contributed by atoms with Crippen molar-refractivity contribution in [1.29, 1.82) is 0 Å².